The third-order valence-electron chi connectivity index (χ3n) is 4.16. The number of aromatic hydroxyl groups is 1. The fourth-order valence-corrected chi connectivity index (χ4v) is 2.83. The van der Waals surface area contributed by atoms with Crippen LogP contribution in [0.1, 0.15) is 34.3 Å². The molecule has 1 unspecified atom stereocenters. The first-order valence-electron chi connectivity index (χ1n) is 8.05. The molecular formula is C19H20N2O3. The van der Waals surface area contributed by atoms with Crippen LogP contribution < -0.4 is 10.6 Å². The number of nitrogens with one attached hydrogen (secondary N) is 2. The number of phenols is 1. The van der Waals surface area contributed by atoms with Crippen LogP contribution in [0.3, 0.4) is 0 Å². The second kappa shape index (κ2) is 7.17. The summed E-state index contributed by atoms with van der Waals surface area (Å²) in [5.74, 6) is -0.346. The fraction of sp³-hybridized carbons (Fsp3) is 0.263. The number of piperidine rings is 1. The van der Waals surface area contributed by atoms with Crippen LogP contribution in [0.4, 0.5) is 0 Å². The summed E-state index contributed by atoms with van der Waals surface area (Å²) in [6, 6.07) is 14.9. The summed E-state index contributed by atoms with van der Waals surface area (Å²) in [6.07, 6.45) is 1.72. The minimum Gasteiger partial charge on any atom is -0.507 e. The maximum Gasteiger partial charge on any atom is 0.255 e. The molecule has 1 atom stereocenters. The number of hydrogen-bond donors (Lipinski definition) is 3. The van der Waals surface area contributed by atoms with Gasteiger partial charge in [-0.1, -0.05) is 36.4 Å². The Morgan fingerprint density at radius 3 is 2.67 bits per heavy atom. The van der Waals surface area contributed by atoms with Crippen molar-refractivity contribution in [3.8, 4) is 5.75 Å². The SMILES string of the molecule is O=C1CCC(NC(=O)c2cc(Cc3ccccc3)ccc2O)CN1. The first-order chi connectivity index (χ1) is 11.6. The summed E-state index contributed by atoms with van der Waals surface area (Å²) in [4.78, 5) is 23.6. The maximum absolute atomic E-state index is 12.4. The lowest BCUT2D eigenvalue weighted by atomic mass is 10.0. The summed E-state index contributed by atoms with van der Waals surface area (Å²) in [6.45, 7) is 0.426. The maximum atomic E-state index is 12.4. The molecule has 0 spiro atoms. The van der Waals surface area contributed by atoms with E-state index in [1.807, 2.05) is 36.4 Å². The van der Waals surface area contributed by atoms with Crippen molar-refractivity contribution in [2.24, 2.45) is 0 Å². The van der Waals surface area contributed by atoms with Crippen molar-refractivity contribution in [1.82, 2.24) is 10.6 Å². The third kappa shape index (κ3) is 3.93. The zero-order chi connectivity index (χ0) is 16.9. The van der Waals surface area contributed by atoms with E-state index in [-0.39, 0.29) is 29.2 Å². The summed E-state index contributed by atoms with van der Waals surface area (Å²) < 4.78 is 0. The van der Waals surface area contributed by atoms with Crippen LogP contribution in [0.25, 0.3) is 0 Å². The molecule has 3 N–H and O–H groups in total. The van der Waals surface area contributed by atoms with E-state index in [9.17, 15) is 14.7 Å². The van der Waals surface area contributed by atoms with E-state index in [1.165, 1.54) is 0 Å². The van der Waals surface area contributed by atoms with Gasteiger partial charge in [0.2, 0.25) is 5.91 Å². The standard InChI is InChI=1S/C19H20N2O3/c22-17-8-6-14(10-13-4-2-1-3-5-13)11-16(17)19(24)21-15-7-9-18(23)20-12-15/h1-6,8,11,15,22H,7,9-10,12H2,(H,20,23)(H,21,24). The van der Waals surface area contributed by atoms with Gasteiger partial charge in [0, 0.05) is 19.0 Å². The van der Waals surface area contributed by atoms with Gasteiger partial charge in [0.25, 0.3) is 5.91 Å². The lowest BCUT2D eigenvalue weighted by Gasteiger charge is -2.23. The predicted octanol–water partition coefficient (Wildman–Crippen LogP) is 1.99. The smallest absolute Gasteiger partial charge is 0.255 e. The Labute approximate surface area is 140 Å². The van der Waals surface area contributed by atoms with Crippen molar-refractivity contribution >= 4 is 11.8 Å². The van der Waals surface area contributed by atoms with Crippen molar-refractivity contribution in [2.75, 3.05) is 6.54 Å². The second-order valence-electron chi connectivity index (χ2n) is 6.03. The normalized spacial score (nSPS) is 17.2. The molecule has 124 valence electrons. The minimum absolute atomic E-state index is 0.00760. The van der Waals surface area contributed by atoms with Gasteiger partial charge in [-0.3, -0.25) is 9.59 Å². The van der Waals surface area contributed by atoms with E-state index in [0.29, 0.717) is 25.8 Å². The molecule has 0 bridgehead atoms. The Kier molecular flexibility index (Phi) is 4.79. The first-order valence-corrected chi connectivity index (χ1v) is 8.05. The van der Waals surface area contributed by atoms with Gasteiger partial charge in [0.1, 0.15) is 5.75 Å². The van der Waals surface area contributed by atoms with Crippen LogP contribution in [0.15, 0.2) is 48.5 Å². The number of rotatable bonds is 4. The minimum atomic E-state index is -0.316. The molecule has 2 aromatic rings. The molecule has 0 saturated carbocycles. The topological polar surface area (TPSA) is 78.4 Å². The largest absolute Gasteiger partial charge is 0.507 e. The Balaban J connectivity index is 1.71. The van der Waals surface area contributed by atoms with Gasteiger partial charge in [-0.15, -0.1) is 0 Å². The molecule has 1 fully saturated rings. The van der Waals surface area contributed by atoms with E-state index >= 15 is 0 Å². The Hall–Kier alpha value is -2.82. The Bertz CT molecular complexity index is 734. The molecule has 1 aliphatic heterocycles. The average Bonchev–Trinajstić information content (AvgIpc) is 2.59. The molecule has 3 rings (SSSR count). The van der Waals surface area contributed by atoms with Crippen LogP contribution >= 0.6 is 0 Å². The van der Waals surface area contributed by atoms with Gasteiger partial charge < -0.3 is 15.7 Å². The highest BCUT2D eigenvalue weighted by molar-refractivity contribution is 5.97. The Morgan fingerprint density at radius 1 is 1.17 bits per heavy atom. The lowest BCUT2D eigenvalue weighted by Crippen LogP contribution is -2.47. The molecule has 1 aliphatic rings. The van der Waals surface area contributed by atoms with E-state index in [2.05, 4.69) is 10.6 Å². The molecule has 0 aliphatic carbocycles. The van der Waals surface area contributed by atoms with Crippen molar-refractivity contribution in [1.29, 1.82) is 0 Å². The molecule has 2 aromatic carbocycles. The lowest BCUT2D eigenvalue weighted by molar-refractivity contribution is -0.122. The van der Waals surface area contributed by atoms with Crippen molar-refractivity contribution in [2.45, 2.75) is 25.3 Å². The summed E-state index contributed by atoms with van der Waals surface area (Å²) in [7, 11) is 0. The Morgan fingerprint density at radius 2 is 1.96 bits per heavy atom. The van der Waals surface area contributed by atoms with Crippen LogP contribution in [-0.2, 0) is 11.2 Å². The highest BCUT2D eigenvalue weighted by atomic mass is 16.3. The van der Waals surface area contributed by atoms with Crippen LogP contribution in [-0.4, -0.2) is 29.5 Å². The molecule has 2 amide bonds. The van der Waals surface area contributed by atoms with Gasteiger partial charge in [-0.2, -0.15) is 0 Å². The molecular weight excluding hydrogens is 304 g/mol. The van der Waals surface area contributed by atoms with Crippen molar-refractivity contribution in [3.05, 3.63) is 65.2 Å². The van der Waals surface area contributed by atoms with Gasteiger partial charge in [0.15, 0.2) is 0 Å². The second-order valence-corrected chi connectivity index (χ2v) is 6.03. The van der Waals surface area contributed by atoms with E-state index in [0.717, 1.165) is 11.1 Å². The van der Waals surface area contributed by atoms with Crippen LogP contribution in [0, 0.1) is 0 Å². The molecule has 1 heterocycles. The molecule has 5 heteroatoms. The third-order valence-corrected chi connectivity index (χ3v) is 4.16. The number of carbonyl (C=O) groups excluding carboxylic acids is 2. The van der Waals surface area contributed by atoms with Crippen molar-refractivity contribution < 1.29 is 14.7 Å². The molecule has 5 nitrogen and oxygen atoms in total. The molecule has 24 heavy (non-hydrogen) atoms. The summed E-state index contributed by atoms with van der Waals surface area (Å²) >= 11 is 0. The zero-order valence-corrected chi connectivity index (χ0v) is 13.3. The van der Waals surface area contributed by atoms with E-state index in [4.69, 9.17) is 0 Å². The first kappa shape index (κ1) is 16.1. The number of benzene rings is 2. The summed E-state index contributed by atoms with van der Waals surface area (Å²) in [5.41, 5.74) is 2.37. The van der Waals surface area contributed by atoms with Gasteiger partial charge in [-0.05, 0) is 36.1 Å². The number of phenolic OH excluding ortho intramolecular Hbond substituents is 1. The van der Waals surface area contributed by atoms with Crippen molar-refractivity contribution in [3.63, 3.8) is 0 Å². The molecule has 0 aromatic heterocycles. The monoisotopic (exact) mass is 324 g/mol. The highest BCUT2D eigenvalue weighted by Crippen LogP contribution is 2.21. The number of carbonyl (C=O) groups is 2. The van der Waals surface area contributed by atoms with Crippen LogP contribution in [0.5, 0.6) is 5.75 Å². The van der Waals surface area contributed by atoms with Gasteiger partial charge >= 0.3 is 0 Å². The zero-order valence-electron chi connectivity index (χ0n) is 13.3. The summed E-state index contributed by atoms with van der Waals surface area (Å²) in [5, 5.41) is 15.6. The number of amides is 2. The highest BCUT2D eigenvalue weighted by Gasteiger charge is 2.21. The average molecular weight is 324 g/mol. The van der Waals surface area contributed by atoms with Gasteiger partial charge in [-0.25, -0.2) is 0 Å². The molecule has 1 saturated heterocycles. The van der Waals surface area contributed by atoms with E-state index < -0.39 is 0 Å². The van der Waals surface area contributed by atoms with E-state index in [1.54, 1.807) is 12.1 Å². The van der Waals surface area contributed by atoms with Crippen LogP contribution in [0.2, 0.25) is 0 Å². The fourth-order valence-electron chi connectivity index (χ4n) is 2.83. The van der Waals surface area contributed by atoms with Gasteiger partial charge in [0.05, 0.1) is 5.56 Å². The predicted molar refractivity (Wildman–Crippen MR) is 90.9 cm³/mol. The quantitative estimate of drug-likeness (QED) is 0.805. The molecule has 0 radical (unpaired) electrons. The number of hydrogen-bond acceptors (Lipinski definition) is 3.